The van der Waals surface area contributed by atoms with E-state index >= 15 is 0 Å². The van der Waals surface area contributed by atoms with Crippen molar-refractivity contribution >= 4 is 39.4 Å². The van der Waals surface area contributed by atoms with Crippen LogP contribution in [0.25, 0.3) is 0 Å². The van der Waals surface area contributed by atoms with Crippen LogP contribution in [0.5, 0.6) is 5.75 Å². The smallest absolute Gasteiger partial charge is 0.293 e. The number of hydrogen-bond acceptors (Lipinski definition) is 9. The predicted octanol–water partition coefficient (Wildman–Crippen LogP) is 2.61. The van der Waals surface area contributed by atoms with Gasteiger partial charge in [-0.05, 0) is 60.9 Å². The molecule has 1 unspecified atom stereocenters. The van der Waals surface area contributed by atoms with Crippen LogP contribution in [0.15, 0.2) is 88.9 Å². The third-order valence-electron chi connectivity index (χ3n) is 6.17. The van der Waals surface area contributed by atoms with Crippen LogP contribution in [0.3, 0.4) is 0 Å². The van der Waals surface area contributed by atoms with Gasteiger partial charge in [0.2, 0.25) is 0 Å². The van der Waals surface area contributed by atoms with E-state index in [-0.39, 0.29) is 29.2 Å². The Morgan fingerprint density at radius 1 is 1.05 bits per heavy atom. The average Bonchev–Trinajstić information content (AvgIpc) is 3.53. The number of rotatable bonds is 13. The fraction of sp³-hybridized carbons (Fsp3) is 0.250. The van der Waals surface area contributed by atoms with Crippen LogP contribution in [-0.4, -0.2) is 63.8 Å². The molecule has 42 heavy (non-hydrogen) atoms. The van der Waals surface area contributed by atoms with Crippen molar-refractivity contribution in [1.82, 2.24) is 10.7 Å². The molecule has 3 aromatic carbocycles. The summed E-state index contributed by atoms with van der Waals surface area (Å²) in [6.45, 7) is 0.240. The van der Waals surface area contributed by atoms with E-state index in [9.17, 15) is 28.1 Å². The molecule has 0 radical (unpaired) electrons. The van der Waals surface area contributed by atoms with Gasteiger partial charge in [0.25, 0.3) is 27.5 Å². The Balaban J connectivity index is 1.36. The van der Waals surface area contributed by atoms with Gasteiger partial charge in [0.1, 0.15) is 18.0 Å². The number of nitro benzene ring substituents is 1. The van der Waals surface area contributed by atoms with Crippen molar-refractivity contribution in [2.75, 3.05) is 30.6 Å². The predicted molar refractivity (Wildman–Crippen MR) is 154 cm³/mol. The number of para-hydroxylation sites is 2. The largest absolute Gasteiger partial charge is 0.484 e. The Morgan fingerprint density at radius 2 is 1.76 bits per heavy atom. The Kier molecular flexibility index (Phi) is 10.2. The quantitative estimate of drug-likeness (QED) is 0.173. The zero-order valence-electron chi connectivity index (χ0n) is 22.4. The van der Waals surface area contributed by atoms with Crippen molar-refractivity contribution in [2.24, 2.45) is 5.10 Å². The van der Waals surface area contributed by atoms with E-state index in [0.717, 1.165) is 18.9 Å². The lowest BCUT2D eigenvalue weighted by Gasteiger charge is -2.23. The molecule has 1 heterocycles. The van der Waals surface area contributed by atoms with Gasteiger partial charge < -0.3 is 14.8 Å². The zero-order chi connectivity index (χ0) is 30.0. The van der Waals surface area contributed by atoms with Gasteiger partial charge in [-0.25, -0.2) is 18.1 Å². The van der Waals surface area contributed by atoms with E-state index in [1.165, 1.54) is 48.7 Å². The summed E-state index contributed by atoms with van der Waals surface area (Å²) in [6, 6.07) is 19.1. The monoisotopic (exact) mass is 595 g/mol. The fourth-order valence-corrected chi connectivity index (χ4v) is 5.53. The minimum atomic E-state index is -4.34. The third kappa shape index (κ3) is 8.11. The molecule has 1 aliphatic rings. The molecule has 1 fully saturated rings. The number of anilines is 1. The molecule has 0 bridgehead atoms. The second-order valence-electron chi connectivity index (χ2n) is 9.16. The number of nitrogens with zero attached hydrogens (tertiary/aromatic N) is 3. The number of carbonyl (C=O) groups is 2. The molecule has 13 nitrogen and oxygen atoms in total. The number of benzene rings is 3. The molecule has 0 spiro atoms. The third-order valence-corrected chi connectivity index (χ3v) is 7.94. The van der Waals surface area contributed by atoms with E-state index in [2.05, 4.69) is 15.8 Å². The number of nitrogens with one attached hydrogen (secondary N) is 2. The molecule has 3 aromatic rings. The number of hydrazone groups is 1. The molecule has 4 rings (SSSR count). The second kappa shape index (κ2) is 14.2. The molecule has 1 atom stereocenters. The minimum Gasteiger partial charge on any atom is -0.484 e. The van der Waals surface area contributed by atoms with Crippen LogP contribution >= 0.6 is 0 Å². The molecular formula is C28H29N5O8S. The lowest BCUT2D eigenvalue weighted by molar-refractivity contribution is -0.384. The number of ether oxygens (including phenoxy) is 2. The van der Waals surface area contributed by atoms with Crippen molar-refractivity contribution in [1.29, 1.82) is 0 Å². The number of carbonyl (C=O) groups excluding carboxylic acids is 2. The highest BCUT2D eigenvalue weighted by Crippen LogP contribution is 2.31. The first kappa shape index (κ1) is 30.1. The van der Waals surface area contributed by atoms with Gasteiger partial charge in [-0.1, -0.05) is 30.3 Å². The molecular weight excluding hydrogens is 566 g/mol. The maximum Gasteiger partial charge on any atom is 0.293 e. The van der Waals surface area contributed by atoms with Crippen LogP contribution in [0.4, 0.5) is 11.4 Å². The topological polar surface area (TPSA) is 170 Å². The van der Waals surface area contributed by atoms with Crippen molar-refractivity contribution in [2.45, 2.75) is 23.8 Å². The molecule has 0 saturated carbocycles. The molecule has 0 aliphatic carbocycles. The van der Waals surface area contributed by atoms with Crippen molar-refractivity contribution in [3.8, 4) is 5.75 Å². The van der Waals surface area contributed by atoms with Gasteiger partial charge in [-0.15, -0.1) is 0 Å². The highest BCUT2D eigenvalue weighted by atomic mass is 32.2. The molecule has 2 amide bonds. The first-order chi connectivity index (χ1) is 20.2. The summed E-state index contributed by atoms with van der Waals surface area (Å²) in [6.07, 6.45) is 3.28. The van der Waals surface area contributed by atoms with Crippen LogP contribution in [-0.2, 0) is 24.3 Å². The molecule has 220 valence electrons. The Hall–Kier alpha value is -4.82. The van der Waals surface area contributed by atoms with Crippen LogP contribution < -0.4 is 19.8 Å². The van der Waals surface area contributed by atoms with Gasteiger partial charge in [0.05, 0.1) is 22.1 Å². The summed E-state index contributed by atoms with van der Waals surface area (Å²) in [5.74, 6) is -0.629. The number of hydrogen-bond donors (Lipinski definition) is 2. The van der Waals surface area contributed by atoms with Crippen LogP contribution in [0, 0.1) is 10.1 Å². The first-order valence-corrected chi connectivity index (χ1v) is 14.4. The van der Waals surface area contributed by atoms with E-state index < -0.39 is 33.1 Å². The molecule has 0 aromatic heterocycles. The van der Waals surface area contributed by atoms with E-state index in [4.69, 9.17) is 9.47 Å². The Labute approximate surface area is 242 Å². The molecule has 14 heteroatoms. The summed E-state index contributed by atoms with van der Waals surface area (Å²) >= 11 is 0. The normalized spacial score (nSPS) is 14.8. The Morgan fingerprint density at radius 3 is 2.45 bits per heavy atom. The van der Waals surface area contributed by atoms with E-state index in [1.807, 2.05) is 0 Å². The first-order valence-electron chi connectivity index (χ1n) is 13.0. The van der Waals surface area contributed by atoms with Crippen molar-refractivity contribution in [3.05, 3.63) is 94.5 Å². The highest BCUT2D eigenvalue weighted by molar-refractivity contribution is 7.92. The average molecular weight is 596 g/mol. The number of amides is 2. The molecule has 2 N–H and O–H groups in total. The number of sulfonamides is 1. The standard InChI is InChI=1S/C28H29N5O8S/c34-27(19-32(25-10-4-5-11-26(25)33(36)37)42(38,39)24-8-2-1-3-9-24)31-30-17-21-12-14-22(15-13-21)41-20-28(35)29-18-23-7-6-16-40-23/h1-5,8-15,17,23H,6-7,16,18-20H2,(H,29,35)(H,31,34)/b30-17-. The van der Waals surface area contributed by atoms with Gasteiger partial charge in [-0.2, -0.15) is 5.10 Å². The summed E-state index contributed by atoms with van der Waals surface area (Å²) in [5, 5.41) is 18.2. The van der Waals surface area contributed by atoms with Gasteiger partial charge in [0, 0.05) is 19.2 Å². The SMILES string of the molecule is O=C(COc1ccc(/C=N\NC(=O)CN(c2ccccc2[N+](=O)[O-])S(=O)(=O)c2ccccc2)cc1)NCC1CCCO1. The Bertz CT molecular complexity index is 1530. The number of nitro groups is 1. The second-order valence-corrected chi connectivity index (χ2v) is 11.0. The maximum absolute atomic E-state index is 13.4. The maximum atomic E-state index is 13.4. The van der Waals surface area contributed by atoms with Gasteiger partial charge in [-0.3, -0.25) is 19.7 Å². The molecule has 1 aliphatic heterocycles. The summed E-state index contributed by atoms with van der Waals surface area (Å²) < 4.78 is 38.4. The highest BCUT2D eigenvalue weighted by Gasteiger charge is 2.31. The summed E-state index contributed by atoms with van der Waals surface area (Å²) in [7, 11) is -4.34. The van der Waals surface area contributed by atoms with E-state index in [1.54, 1.807) is 30.3 Å². The molecule has 1 saturated heterocycles. The minimum absolute atomic E-state index is 0.0428. The lowest BCUT2D eigenvalue weighted by atomic mass is 10.2. The van der Waals surface area contributed by atoms with Crippen LogP contribution in [0.1, 0.15) is 18.4 Å². The van der Waals surface area contributed by atoms with Crippen LogP contribution in [0.2, 0.25) is 0 Å². The van der Waals surface area contributed by atoms with Crippen molar-refractivity contribution in [3.63, 3.8) is 0 Å². The van der Waals surface area contributed by atoms with Gasteiger partial charge >= 0.3 is 0 Å². The summed E-state index contributed by atoms with van der Waals surface area (Å²) in [4.78, 5) is 35.5. The van der Waals surface area contributed by atoms with Crippen molar-refractivity contribution < 1.29 is 32.4 Å². The zero-order valence-corrected chi connectivity index (χ0v) is 23.2. The lowest BCUT2D eigenvalue weighted by Crippen LogP contribution is -2.39. The fourth-order valence-electron chi connectivity index (χ4n) is 4.08. The van der Waals surface area contributed by atoms with Gasteiger partial charge in [0.15, 0.2) is 6.61 Å². The summed E-state index contributed by atoms with van der Waals surface area (Å²) in [5.41, 5.74) is 2.10. The van der Waals surface area contributed by atoms with E-state index in [0.29, 0.717) is 28.8 Å².